The van der Waals surface area contributed by atoms with E-state index in [0.717, 1.165) is 26.2 Å². The average Bonchev–Trinajstić information content (AvgIpc) is 3.05. The first kappa shape index (κ1) is 20.5. The van der Waals surface area contributed by atoms with Crippen LogP contribution in [0.15, 0.2) is 32.3 Å². The fourth-order valence-corrected chi connectivity index (χ4v) is 7.23. The number of nitrogens with zero attached hydrogens (tertiary/aromatic N) is 1. The zero-order chi connectivity index (χ0) is 19.8. The van der Waals surface area contributed by atoms with Gasteiger partial charge in [-0.15, -0.1) is 11.3 Å². The molecule has 1 atom stereocenters. The van der Waals surface area contributed by atoms with Crippen molar-refractivity contribution >= 4 is 48.9 Å². The van der Waals surface area contributed by atoms with Gasteiger partial charge >= 0.3 is 0 Å². The molecule has 1 amide bonds. The molecule has 0 saturated carbocycles. The Morgan fingerprint density at radius 1 is 1.22 bits per heavy atom. The van der Waals surface area contributed by atoms with Gasteiger partial charge in [-0.25, -0.2) is 8.42 Å². The average molecular weight is 471 g/mol. The summed E-state index contributed by atoms with van der Waals surface area (Å²) in [6.45, 7) is 6.64. The molecule has 0 radical (unpaired) electrons. The molecule has 2 heterocycles. The van der Waals surface area contributed by atoms with Gasteiger partial charge in [-0.05, 0) is 72.8 Å². The third-order valence-electron chi connectivity index (χ3n) is 4.82. The van der Waals surface area contributed by atoms with Gasteiger partial charge in [0.25, 0.3) is 10.0 Å². The Hall–Kier alpha value is -1.22. The lowest BCUT2D eigenvalue weighted by Gasteiger charge is -2.31. The molecular weight excluding hydrogens is 448 g/mol. The van der Waals surface area contributed by atoms with E-state index in [1.54, 1.807) is 12.1 Å². The van der Waals surface area contributed by atoms with Crippen LogP contribution in [0.4, 0.5) is 5.69 Å². The first-order valence-corrected chi connectivity index (χ1v) is 11.9. The van der Waals surface area contributed by atoms with Gasteiger partial charge < -0.3 is 5.32 Å². The monoisotopic (exact) mass is 470 g/mol. The summed E-state index contributed by atoms with van der Waals surface area (Å²) in [5.41, 5.74) is 4.02. The summed E-state index contributed by atoms with van der Waals surface area (Å²) in [5.74, 6) is -0.464. The van der Waals surface area contributed by atoms with Crippen molar-refractivity contribution in [3.63, 3.8) is 0 Å². The number of aryl methyl sites for hydroxylation is 3. The molecule has 0 bridgehead atoms. The molecule has 1 aromatic heterocycles. The molecule has 1 saturated heterocycles. The van der Waals surface area contributed by atoms with E-state index in [2.05, 4.69) is 21.2 Å². The van der Waals surface area contributed by atoms with Gasteiger partial charge in [-0.3, -0.25) is 4.79 Å². The second-order valence-electron chi connectivity index (χ2n) is 7.02. The van der Waals surface area contributed by atoms with E-state index in [1.165, 1.54) is 15.6 Å². The number of carbonyl (C=O) groups is 1. The topological polar surface area (TPSA) is 66.5 Å². The van der Waals surface area contributed by atoms with Gasteiger partial charge in [0.05, 0.1) is 9.70 Å². The molecule has 1 aliphatic heterocycles. The second kappa shape index (κ2) is 8.03. The molecule has 1 unspecified atom stereocenters. The highest BCUT2D eigenvalue weighted by Crippen LogP contribution is 2.31. The van der Waals surface area contributed by atoms with Crippen molar-refractivity contribution in [3.05, 3.63) is 44.7 Å². The Balaban J connectivity index is 1.75. The Bertz CT molecular complexity index is 946. The molecule has 2 aromatic rings. The third kappa shape index (κ3) is 4.45. The number of piperidine rings is 1. The molecule has 27 heavy (non-hydrogen) atoms. The third-order valence-corrected chi connectivity index (χ3v) is 8.78. The standard InChI is InChI=1S/C19H23BrN2O3S2/c1-12-9-13(2)18(14(3)10-12)21-19(23)15-5-4-8-22(11-15)27(24,25)17-7-6-16(20)26-17/h6-7,9-10,15H,4-5,8,11H2,1-3H3,(H,21,23). The van der Waals surface area contributed by atoms with E-state index in [0.29, 0.717) is 23.6 Å². The maximum absolute atomic E-state index is 12.9. The summed E-state index contributed by atoms with van der Waals surface area (Å²) in [4.78, 5) is 12.8. The van der Waals surface area contributed by atoms with Gasteiger partial charge in [-0.2, -0.15) is 4.31 Å². The van der Waals surface area contributed by atoms with Crippen LogP contribution in [0.3, 0.4) is 0 Å². The number of rotatable bonds is 4. The minimum absolute atomic E-state index is 0.114. The predicted octanol–water partition coefficient (Wildman–Crippen LogP) is 4.48. The molecule has 8 heteroatoms. The lowest BCUT2D eigenvalue weighted by atomic mass is 9.98. The minimum Gasteiger partial charge on any atom is -0.325 e. The molecular formula is C19H23BrN2O3S2. The maximum Gasteiger partial charge on any atom is 0.252 e. The Morgan fingerprint density at radius 3 is 2.48 bits per heavy atom. The van der Waals surface area contributed by atoms with Crippen molar-refractivity contribution in [1.29, 1.82) is 0 Å². The summed E-state index contributed by atoms with van der Waals surface area (Å²) in [5, 5.41) is 3.03. The molecule has 1 fully saturated rings. The molecule has 1 N–H and O–H groups in total. The molecule has 0 spiro atoms. The quantitative estimate of drug-likeness (QED) is 0.716. The molecule has 1 aromatic carbocycles. The van der Waals surface area contributed by atoms with E-state index in [-0.39, 0.29) is 18.4 Å². The molecule has 3 rings (SSSR count). The van der Waals surface area contributed by atoms with Crippen LogP contribution in [0, 0.1) is 26.7 Å². The van der Waals surface area contributed by atoms with Crippen molar-refractivity contribution in [2.45, 2.75) is 37.8 Å². The smallest absolute Gasteiger partial charge is 0.252 e. The van der Waals surface area contributed by atoms with E-state index in [4.69, 9.17) is 0 Å². The van der Waals surface area contributed by atoms with Gasteiger partial charge in [-0.1, -0.05) is 17.7 Å². The van der Waals surface area contributed by atoms with Crippen LogP contribution in [-0.4, -0.2) is 31.7 Å². The van der Waals surface area contributed by atoms with E-state index < -0.39 is 10.0 Å². The number of thiophene rings is 1. The number of sulfonamides is 1. The lowest BCUT2D eigenvalue weighted by molar-refractivity contribution is -0.120. The summed E-state index contributed by atoms with van der Waals surface area (Å²) in [6.07, 6.45) is 1.37. The van der Waals surface area contributed by atoms with Crippen LogP contribution >= 0.6 is 27.3 Å². The fraction of sp³-hybridized carbons (Fsp3) is 0.421. The van der Waals surface area contributed by atoms with Crippen molar-refractivity contribution in [2.24, 2.45) is 5.92 Å². The highest BCUT2D eigenvalue weighted by Gasteiger charge is 2.34. The fourth-order valence-electron chi connectivity index (χ4n) is 3.54. The van der Waals surface area contributed by atoms with Crippen molar-refractivity contribution in [1.82, 2.24) is 4.31 Å². The van der Waals surface area contributed by atoms with Crippen LogP contribution in [-0.2, 0) is 14.8 Å². The number of hydrogen-bond acceptors (Lipinski definition) is 4. The molecule has 1 aliphatic rings. The van der Waals surface area contributed by atoms with E-state index in [1.807, 2.05) is 32.9 Å². The second-order valence-corrected chi connectivity index (χ2v) is 11.7. The first-order chi connectivity index (χ1) is 12.7. The number of amides is 1. The van der Waals surface area contributed by atoms with Gasteiger partial charge in [0.15, 0.2) is 0 Å². The minimum atomic E-state index is -3.56. The van der Waals surface area contributed by atoms with Gasteiger partial charge in [0.2, 0.25) is 5.91 Å². The highest BCUT2D eigenvalue weighted by atomic mass is 79.9. The number of nitrogens with one attached hydrogen (secondary N) is 1. The first-order valence-electron chi connectivity index (χ1n) is 8.82. The van der Waals surface area contributed by atoms with Gasteiger partial charge in [0, 0.05) is 18.8 Å². The van der Waals surface area contributed by atoms with Crippen molar-refractivity contribution < 1.29 is 13.2 Å². The number of halogens is 1. The summed E-state index contributed by atoms with van der Waals surface area (Å²) < 4.78 is 28.2. The zero-order valence-corrected chi connectivity index (χ0v) is 18.8. The zero-order valence-electron chi connectivity index (χ0n) is 15.6. The number of hydrogen-bond donors (Lipinski definition) is 1. The van der Waals surface area contributed by atoms with Crippen molar-refractivity contribution in [3.8, 4) is 0 Å². The SMILES string of the molecule is Cc1cc(C)c(NC(=O)C2CCCN(S(=O)(=O)c3ccc(Br)s3)C2)c(C)c1. The molecule has 0 aliphatic carbocycles. The Labute approximate surface area is 173 Å². The van der Waals surface area contributed by atoms with Gasteiger partial charge in [0.1, 0.15) is 4.21 Å². The van der Waals surface area contributed by atoms with Crippen LogP contribution in [0.5, 0.6) is 0 Å². The Morgan fingerprint density at radius 2 is 1.89 bits per heavy atom. The number of carbonyl (C=O) groups excluding carboxylic acids is 1. The normalized spacial score (nSPS) is 18.4. The number of benzene rings is 1. The summed E-state index contributed by atoms with van der Waals surface area (Å²) >= 11 is 4.50. The maximum atomic E-state index is 12.9. The Kier molecular flexibility index (Phi) is 6.10. The predicted molar refractivity (Wildman–Crippen MR) is 113 cm³/mol. The van der Waals surface area contributed by atoms with Crippen molar-refractivity contribution in [2.75, 3.05) is 18.4 Å². The highest BCUT2D eigenvalue weighted by molar-refractivity contribution is 9.11. The van der Waals surface area contributed by atoms with Crippen LogP contribution < -0.4 is 5.32 Å². The number of anilines is 1. The van der Waals surface area contributed by atoms with Crippen LogP contribution in [0.25, 0.3) is 0 Å². The molecule has 5 nitrogen and oxygen atoms in total. The van der Waals surface area contributed by atoms with E-state index in [9.17, 15) is 13.2 Å². The van der Waals surface area contributed by atoms with Crippen LogP contribution in [0.2, 0.25) is 0 Å². The largest absolute Gasteiger partial charge is 0.325 e. The molecule has 146 valence electrons. The summed E-state index contributed by atoms with van der Waals surface area (Å²) in [6, 6.07) is 7.41. The summed E-state index contributed by atoms with van der Waals surface area (Å²) in [7, 11) is -3.56. The lowest BCUT2D eigenvalue weighted by Crippen LogP contribution is -2.43. The van der Waals surface area contributed by atoms with Crippen LogP contribution in [0.1, 0.15) is 29.5 Å². The van der Waals surface area contributed by atoms with E-state index >= 15 is 0 Å².